The van der Waals surface area contributed by atoms with E-state index < -0.39 is 51.7 Å². The number of carbonyl (C=O) groups is 2. The Balaban J connectivity index is 2.19. The second kappa shape index (κ2) is 8.38. The van der Waals surface area contributed by atoms with Crippen LogP contribution < -0.4 is 5.32 Å². The molecular formula is C19H16F4N2O4. The van der Waals surface area contributed by atoms with E-state index in [1.807, 2.05) is 0 Å². The number of nitro groups is 1. The van der Waals surface area contributed by atoms with Crippen molar-refractivity contribution in [2.24, 2.45) is 5.92 Å². The molecule has 2 unspecified atom stereocenters. The van der Waals surface area contributed by atoms with Crippen molar-refractivity contribution in [1.82, 2.24) is 5.32 Å². The largest absolute Gasteiger partial charge is 0.417 e. The molecule has 0 aliphatic rings. The Morgan fingerprint density at radius 3 is 2.17 bits per heavy atom. The van der Waals surface area contributed by atoms with Crippen molar-refractivity contribution in [1.29, 1.82) is 0 Å². The van der Waals surface area contributed by atoms with Gasteiger partial charge in [-0.15, -0.1) is 0 Å². The lowest BCUT2D eigenvalue weighted by atomic mass is 9.93. The molecule has 1 N–H and O–H groups in total. The molecule has 2 aromatic rings. The summed E-state index contributed by atoms with van der Waals surface area (Å²) >= 11 is 0. The first-order valence-corrected chi connectivity index (χ1v) is 8.38. The van der Waals surface area contributed by atoms with E-state index in [1.165, 1.54) is 26.0 Å². The summed E-state index contributed by atoms with van der Waals surface area (Å²) in [5.74, 6) is -4.01. The summed E-state index contributed by atoms with van der Waals surface area (Å²) in [5, 5.41) is 12.9. The van der Waals surface area contributed by atoms with E-state index in [0.29, 0.717) is 6.07 Å². The molecule has 2 aromatic carbocycles. The third kappa shape index (κ3) is 4.95. The Bertz CT molecular complexity index is 942. The van der Waals surface area contributed by atoms with E-state index in [-0.39, 0.29) is 11.3 Å². The van der Waals surface area contributed by atoms with Crippen LogP contribution in [0.4, 0.5) is 23.2 Å². The minimum absolute atomic E-state index is 0.131. The van der Waals surface area contributed by atoms with Crippen molar-refractivity contribution in [3.05, 3.63) is 75.1 Å². The second-order valence-corrected chi connectivity index (χ2v) is 6.38. The molecule has 154 valence electrons. The van der Waals surface area contributed by atoms with Gasteiger partial charge < -0.3 is 5.32 Å². The van der Waals surface area contributed by atoms with Gasteiger partial charge in [-0.3, -0.25) is 19.7 Å². The van der Waals surface area contributed by atoms with E-state index in [0.717, 1.165) is 24.3 Å². The van der Waals surface area contributed by atoms with Crippen LogP contribution in [0.15, 0.2) is 42.5 Å². The lowest BCUT2D eigenvalue weighted by Gasteiger charge is -2.21. The molecule has 2 rings (SSSR count). The molecule has 2 atom stereocenters. The Labute approximate surface area is 162 Å². The van der Waals surface area contributed by atoms with Crippen molar-refractivity contribution >= 4 is 17.4 Å². The average molecular weight is 412 g/mol. The van der Waals surface area contributed by atoms with E-state index in [2.05, 4.69) is 5.32 Å². The maximum absolute atomic E-state index is 13.9. The Hall–Kier alpha value is -3.30. The maximum Gasteiger partial charge on any atom is 0.417 e. The molecule has 0 bridgehead atoms. The number of Topliss-reactive ketones (excluding diaryl/α,β-unsaturated/α-hetero) is 1. The van der Waals surface area contributed by atoms with Gasteiger partial charge in [-0.2, -0.15) is 13.2 Å². The van der Waals surface area contributed by atoms with Crippen LogP contribution in [0.25, 0.3) is 0 Å². The fourth-order valence-electron chi connectivity index (χ4n) is 2.63. The molecule has 0 radical (unpaired) electrons. The first-order chi connectivity index (χ1) is 13.4. The smallest absolute Gasteiger partial charge is 0.349 e. The SMILES string of the molecule is CC(NC(=O)c1c(F)cccc1C(F)(F)F)C(C)C(=O)c1ccc([N+](=O)[O-])cc1. The summed E-state index contributed by atoms with van der Waals surface area (Å²) in [6, 6.07) is 5.99. The highest BCUT2D eigenvalue weighted by molar-refractivity contribution is 6.00. The molecule has 0 saturated carbocycles. The van der Waals surface area contributed by atoms with Gasteiger partial charge in [-0.1, -0.05) is 13.0 Å². The van der Waals surface area contributed by atoms with Crippen LogP contribution in [-0.2, 0) is 6.18 Å². The van der Waals surface area contributed by atoms with Crippen LogP contribution in [0.2, 0.25) is 0 Å². The van der Waals surface area contributed by atoms with Gasteiger partial charge in [0.25, 0.3) is 11.6 Å². The predicted molar refractivity (Wildman–Crippen MR) is 94.9 cm³/mol. The fraction of sp³-hybridized carbons (Fsp3) is 0.263. The fourth-order valence-corrected chi connectivity index (χ4v) is 2.63. The molecule has 0 spiro atoms. The van der Waals surface area contributed by atoms with Gasteiger partial charge in [0.15, 0.2) is 5.78 Å². The van der Waals surface area contributed by atoms with Crippen LogP contribution in [0.3, 0.4) is 0 Å². The van der Waals surface area contributed by atoms with Crippen LogP contribution in [0.5, 0.6) is 0 Å². The number of benzene rings is 2. The topological polar surface area (TPSA) is 89.3 Å². The second-order valence-electron chi connectivity index (χ2n) is 6.38. The van der Waals surface area contributed by atoms with Crippen LogP contribution in [0.1, 0.15) is 40.1 Å². The van der Waals surface area contributed by atoms with Gasteiger partial charge in [0.05, 0.1) is 16.1 Å². The number of carbonyl (C=O) groups excluding carboxylic acids is 2. The van der Waals surface area contributed by atoms with Gasteiger partial charge in [-0.25, -0.2) is 4.39 Å². The van der Waals surface area contributed by atoms with Crippen molar-refractivity contribution in [2.45, 2.75) is 26.1 Å². The molecular weight excluding hydrogens is 396 g/mol. The molecule has 0 fully saturated rings. The molecule has 0 saturated heterocycles. The van der Waals surface area contributed by atoms with Gasteiger partial charge in [0, 0.05) is 29.7 Å². The number of alkyl halides is 3. The average Bonchev–Trinajstić information content (AvgIpc) is 2.65. The zero-order valence-electron chi connectivity index (χ0n) is 15.3. The predicted octanol–water partition coefficient (Wildman–Crippen LogP) is 4.39. The summed E-state index contributed by atoms with van der Waals surface area (Å²) in [6.07, 6.45) is -4.93. The highest BCUT2D eigenvalue weighted by Crippen LogP contribution is 2.33. The lowest BCUT2D eigenvalue weighted by Crippen LogP contribution is -2.41. The number of halogens is 4. The van der Waals surface area contributed by atoms with Crippen LogP contribution in [0, 0.1) is 21.8 Å². The number of hydrogen-bond acceptors (Lipinski definition) is 4. The molecule has 0 aromatic heterocycles. The zero-order valence-corrected chi connectivity index (χ0v) is 15.3. The Morgan fingerprint density at radius 2 is 1.66 bits per heavy atom. The number of nitrogens with one attached hydrogen (secondary N) is 1. The van der Waals surface area contributed by atoms with Crippen LogP contribution >= 0.6 is 0 Å². The molecule has 6 nitrogen and oxygen atoms in total. The molecule has 1 amide bonds. The number of amides is 1. The van der Waals surface area contributed by atoms with Crippen molar-refractivity contribution < 1.29 is 32.1 Å². The van der Waals surface area contributed by atoms with Crippen LogP contribution in [-0.4, -0.2) is 22.7 Å². The summed E-state index contributed by atoms with van der Waals surface area (Å²) in [5.41, 5.74) is -2.65. The first-order valence-electron chi connectivity index (χ1n) is 8.38. The summed E-state index contributed by atoms with van der Waals surface area (Å²) in [4.78, 5) is 34.8. The number of rotatable bonds is 6. The van der Waals surface area contributed by atoms with E-state index >= 15 is 0 Å². The number of hydrogen-bond donors (Lipinski definition) is 1. The summed E-state index contributed by atoms with van der Waals surface area (Å²) < 4.78 is 53.2. The minimum Gasteiger partial charge on any atom is -0.349 e. The molecule has 0 aliphatic carbocycles. The Kier molecular flexibility index (Phi) is 6.35. The van der Waals surface area contributed by atoms with E-state index in [1.54, 1.807) is 0 Å². The quantitative estimate of drug-likeness (QED) is 0.330. The summed E-state index contributed by atoms with van der Waals surface area (Å²) in [6.45, 7) is 2.82. The monoisotopic (exact) mass is 412 g/mol. The third-order valence-electron chi connectivity index (χ3n) is 4.43. The number of nitrogens with zero attached hydrogens (tertiary/aromatic N) is 1. The van der Waals surface area contributed by atoms with Crippen molar-refractivity contribution in [3.8, 4) is 0 Å². The lowest BCUT2D eigenvalue weighted by molar-refractivity contribution is -0.384. The highest BCUT2D eigenvalue weighted by Gasteiger charge is 2.37. The number of non-ortho nitro benzene ring substituents is 1. The highest BCUT2D eigenvalue weighted by atomic mass is 19.4. The number of ketones is 1. The van der Waals surface area contributed by atoms with Crippen molar-refractivity contribution in [2.75, 3.05) is 0 Å². The standard InChI is InChI=1S/C19H16F4N2O4/c1-10(17(26)12-6-8-13(9-7-12)25(28)29)11(2)24-18(27)16-14(19(21,22)23)4-3-5-15(16)20/h3-11H,1-2H3,(H,24,27). The Morgan fingerprint density at radius 1 is 1.07 bits per heavy atom. The van der Waals surface area contributed by atoms with Gasteiger partial charge in [-0.05, 0) is 31.2 Å². The third-order valence-corrected chi connectivity index (χ3v) is 4.43. The molecule has 10 heteroatoms. The van der Waals surface area contributed by atoms with Gasteiger partial charge in [0.1, 0.15) is 5.82 Å². The minimum atomic E-state index is -4.93. The zero-order chi connectivity index (χ0) is 21.9. The van der Waals surface area contributed by atoms with Crippen molar-refractivity contribution in [3.63, 3.8) is 0 Å². The normalized spacial score (nSPS) is 13.4. The maximum atomic E-state index is 13.9. The molecule has 0 aliphatic heterocycles. The van der Waals surface area contributed by atoms with E-state index in [4.69, 9.17) is 0 Å². The molecule has 29 heavy (non-hydrogen) atoms. The molecule has 0 heterocycles. The number of nitro benzene ring substituents is 1. The first kappa shape index (κ1) is 22.0. The summed E-state index contributed by atoms with van der Waals surface area (Å²) in [7, 11) is 0. The van der Waals surface area contributed by atoms with Gasteiger partial charge >= 0.3 is 6.18 Å². The van der Waals surface area contributed by atoms with Gasteiger partial charge in [0.2, 0.25) is 0 Å². The van der Waals surface area contributed by atoms with E-state index in [9.17, 15) is 37.3 Å².